The Labute approximate surface area is 119 Å². The van der Waals surface area contributed by atoms with E-state index in [9.17, 15) is 13.6 Å². The van der Waals surface area contributed by atoms with Gasteiger partial charge in [0.25, 0.3) is 0 Å². The van der Waals surface area contributed by atoms with Gasteiger partial charge in [-0.3, -0.25) is 4.79 Å². The smallest absolute Gasteiger partial charge is 0.248 e. The maximum atomic E-state index is 13.6. The number of hydrogen-bond donors (Lipinski definition) is 2. The number of nitrogens with two attached hydrogens (primary N) is 1. The van der Waals surface area contributed by atoms with Crippen molar-refractivity contribution in [3.8, 4) is 0 Å². The Morgan fingerprint density at radius 2 is 1.95 bits per heavy atom. The summed E-state index contributed by atoms with van der Waals surface area (Å²) in [4.78, 5) is 11.0. The molecule has 0 aliphatic rings. The molecule has 2 aromatic carbocycles. The highest BCUT2D eigenvalue weighted by atomic mass is 35.5. The summed E-state index contributed by atoms with van der Waals surface area (Å²) in [5.74, 6) is -1.56. The average Bonchev–Trinajstić information content (AvgIpc) is 2.39. The molecule has 3 nitrogen and oxygen atoms in total. The number of halogens is 3. The zero-order valence-electron chi connectivity index (χ0n) is 10.3. The van der Waals surface area contributed by atoms with Crippen LogP contribution in [0.2, 0.25) is 5.02 Å². The molecule has 0 unspecified atom stereocenters. The highest BCUT2D eigenvalue weighted by Gasteiger charge is 2.08. The first-order valence-electron chi connectivity index (χ1n) is 5.74. The van der Waals surface area contributed by atoms with E-state index in [0.717, 1.165) is 6.07 Å². The summed E-state index contributed by atoms with van der Waals surface area (Å²) in [6.07, 6.45) is 0. The van der Waals surface area contributed by atoms with Gasteiger partial charge in [0, 0.05) is 17.7 Å². The highest BCUT2D eigenvalue weighted by molar-refractivity contribution is 6.33. The molecule has 0 fully saturated rings. The lowest BCUT2D eigenvalue weighted by atomic mass is 10.1. The molecule has 0 heterocycles. The van der Waals surface area contributed by atoms with Crippen LogP contribution < -0.4 is 11.1 Å². The van der Waals surface area contributed by atoms with Gasteiger partial charge in [0.1, 0.15) is 11.6 Å². The van der Waals surface area contributed by atoms with E-state index in [2.05, 4.69) is 5.32 Å². The van der Waals surface area contributed by atoms with E-state index >= 15 is 0 Å². The molecule has 0 saturated carbocycles. The molecule has 20 heavy (non-hydrogen) atoms. The Balaban J connectivity index is 2.18. The third-order valence-corrected chi connectivity index (χ3v) is 3.04. The number of benzene rings is 2. The van der Waals surface area contributed by atoms with Crippen LogP contribution in [-0.2, 0) is 6.54 Å². The SMILES string of the molecule is NC(=O)c1ccc(F)c(CNc2ccc(F)cc2Cl)c1. The third kappa shape index (κ3) is 3.24. The lowest BCUT2D eigenvalue weighted by Gasteiger charge is -2.10. The molecular formula is C14H11ClF2N2O. The highest BCUT2D eigenvalue weighted by Crippen LogP contribution is 2.23. The summed E-state index contributed by atoms with van der Waals surface area (Å²) in [5, 5.41) is 3.06. The predicted octanol–water partition coefficient (Wildman–Crippen LogP) is 3.33. The van der Waals surface area contributed by atoms with E-state index < -0.39 is 17.5 Å². The molecule has 3 N–H and O–H groups in total. The number of carbonyl (C=O) groups excluding carboxylic acids is 1. The summed E-state index contributed by atoms with van der Waals surface area (Å²) in [7, 11) is 0. The van der Waals surface area contributed by atoms with Gasteiger partial charge in [0.15, 0.2) is 0 Å². The minimum Gasteiger partial charge on any atom is -0.380 e. The predicted molar refractivity (Wildman–Crippen MR) is 73.7 cm³/mol. The van der Waals surface area contributed by atoms with Crippen LogP contribution >= 0.6 is 11.6 Å². The van der Waals surface area contributed by atoms with Gasteiger partial charge in [0.05, 0.1) is 10.7 Å². The van der Waals surface area contributed by atoms with Gasteiger partial charge in [-0.05, 0) is 36.4 Å². The molecule has 0 saturated heterocycles. The van der Waals surface area contributed by atoms with Gasteiger partial charge in [-0.25, -0.2) is 8.78 Å². The summed E-state index contributed by atoms with van der Waals surface area (Å²) in [6, 6.07) is 7.69. The molecule has 0 bridgehead atoms. The van der Waals surface area contributed by atoms with Gasteiger partial charge in [0.2, 0.25) is 5.91 Å². The van der Waals surface area contributed by atoms with Gasteiger partial charge < -0.3 is 11.1 Å². The fraction of sp³-hybridized carbons (Fsp3) is 0.0714. The van der Waals surface area contributed by atoms with Gasteiger partial charge in [-0.1, -0.05) is 11.6 Å². The van der Waals surface area contributed by atoms with Crippen molar-refractivity contribution in [1.29, 1.82) is 0 Å². The van der Waals surface area contributed by atoms with E-state index in [0.29, 0.717) is 5.69 Å². The number of primary amides is 1. The molecule has 0 spiro atoms. The van der Waals surface area contributed by atoms with Crippen molar-refractivity contribution < 1.29 is 13.6 Å². The summed E-state index contributed by atoms with van der Waals surface area (Å²) in [5.41, 5.74) is 6.09. The van der Waals surface area contributed by atoms with Crippen LogP contribution in [0.5, 0.6) is 0 Å². The molecule has 0 aliphatic heterocycles. The maximum Gasteiger partial charge on any atom is 0.248 e. The number of nitrogens with one attached hydrogen (secondary N) is 1. The van der Waals surface area contributed by atoms with Crippen LogP contribution in [0.15, 0.2) is 36.4 Å². The van der Waals surface area contributed by atoms with Crippen molar-refractivity contribution in [3.63, 3.8) is 0 Å². The Morgan fingerprint density at radius 3 is 2.60 bits per heavy atom. The van der Waals surface area contributed by atoms with E-state index in [1.807, 2.05) is 0 Å². The van der Waals surface area contributed by atoms with Crippen LogP contribution in [0.3, 0.4) is 0 Å². The molecule has 2 aromatic rings. The second-order valence-electron chi connectivity index (χ2n) is 4.15. The topological polar surface area (TPSA) is 55.1 Å². The quantitative estimate of drug-likeness (QED) is 0.909. The van der Waals surface area contributed by atoms with Crippen molar-refractivity contribution in [2.75, 3.05) is 5.32 Å². The zero-order chi connectivity index (χ0) is 14.7. The molecule has 0 aromatic heterocycles. The Morgan fingerprint density at radius 1 is 1.20 bits per heavy atom. The van der Waals surface area contributed by atoms with Crippen LogP contribution in [0.1, 0.15) is 15.9 Å². The molecule has 0 atom stereocenters. The molecule has 0 aliphatic carbocycles. The second kappa shape index (κ2) is 5.88. The number of rotatable bonds is 4. The molecule has 2 rings (SSSR count). The Kier molecular flexibility index (Phi) is 4.20. The maximum absolute atomic E-state index is 13.6. The first-order valence-corrected chi connectivity index (χ1v) is 6.12. The number of amides is 1. The zero-order valence-corrected chi connectivity index (χ0v) is 11.0. The monoisotopic (exact) mass is 296 g/mol. The molecule has 104 valence electrons. The van der Waals surface area contributed by atoms with Crippen molar-refractivity contribution in [1.82, 2.24) is 0 Å². The van der Waals surface area contributed by atoms with Crippen molar-refractivity contribution in [2.45, 2.75) is 6.54 Å². The minimum absolute atomic E-state index is 0.0955. The summed E-state index contributed by atoms with van der Waals surface area (Å²) < 4.78 is 26.5. The van der Waals surface area contributed by atoms with E-state index in [1.54, 1.807) is 0 Å². The standard InChI is InChI=1S/C14H11ClF2N2O/c15-11-6-10(16)2-4-13(11)19-7-9-5-8(14(18)20)1-3-12(9)17/h1-6,19H,7H2,(H2,18,20). The van der Waals surface area contributed by atoms with Crippen molar-refractivity contribution in [2.24, 2.45) is 5.73 Å². The fourth-order valence-electron chi connectivity index (χ4n) is 1.69. The molecule has 0 radical (unpaired) electrons. The van der Waals surface area contributed by atoms with Crippen LogP contribution in [0.4, 0.5) is 14.5 Å². The third-order valence-electron chi connectivity index (χ3n) is 2.73. The number of anilines is 1. The fourth-order valence-corrected chi connectivity index (χ4v) is 1.92. The summed E-state index contributed by atoms with van der Waals surface area (Å²) in [6.45, 7) is 0.0955. The second-order valence-corrected chi connectivity index (χ2v) is 4.56. The van der Waals surface area contributed by atoms with Gasteiger partial charge in [-0.15, -0.1) is 0 Å². The number of carbonyl (C=O) groups is 1. The van der Waals surface area contributed by atoms with Crippen molar-refractivity contribution >= 4 is 23.2 Å². The largest absolute Gasteiger partial charge is 0.380 e. The van der Waals surface area contributed by atoms with Crippen LogP contribution in [-0.4, -0.2) is 5.91 Å². The first-order chi connectivity index (χ1) is 9.47. The minimum atomic E-state index is -0.633. The van der Waals surface area contributed by atoms with Crippen LogP contribution in [0, 0.1) is 11.6 Å². The lowest BCUT2D eigenvalue weighted by Crippen LogP contribution is -2.12. The normalized spacial score (nSPS) is 10.3. The molecule has 1 amide bonds. The molecular weight excluding hydrogens is 286 g/mol. The van der Waals surface area contributed by atoms with E-state index in [-0.39, 0.29) is 22.7 Å². The summed E-state index contributed by atoms with van der Waals surface area (Å²) >= 11 is 5.85. The van der Waals surface area contributed by atoms with Crippen molar-refractivity contribution in [3.05, 3.63) is 64.2 Å². The average molecular weight is 297 g/mol. The lowest BCUT2D eigenvalue weighted by molar-refractivity contribution is 0.1000. The molecule has 6 heteroatoms. The first kappa shape index (κ1) is 14.3. The van der Waals surface area contributed by atoms with E-state index in [1.165, 1.54) is 30.3 Å². The van der Waals surface area contributed by atoms with E-state index in [4.69, 9.17) is 17.3 Å². The Bertz CT molecular complexity index is 662. The van der Waals surface area contributed by atoms with Gasteiger partial charge >= 0.3 is 0 Å². The van der Waals surface area contributed by atoms with Crippen LogP contribution in [0.25, 0.3) is 0 Å². The number of hydrogen-bond acceptors (Lipinski definition) is 2. The Hall–Kier alpha value is -2.14. The van der Waals surface area contributed by atoms with Gasteiger partial charge in [-0.2, -0.15) is 0 Å².